The Balaban J connectivity index is 1.67. The van der Waals surface area contributed by atoms with Gasteiger partial charge in [0.15, 0.2) is 6.17 Å². The van der Waals surface area contributed by atoms with E-state index < -0.39 is 12.1 Å². The molecule has 0 radical (unpaired) electrons. The molecule has 32 heavy (non-hydrogen) atoms. The van der Waals surface area contributed by atoms with E-state index >= 15 is 0 Å². The molecule has 5 rings (SSSR count). The lowest BCUT2D eigenvalue weighted by Gasteiger charge is -2.37. The fourth-order valence-electron chi connectivity index (χ4n) is 4.02. The summed E-state index contributed by atoms with van der Waals surface area (Å²) in [6, 6.07) is 26.6. The maximum absolute atomic E-state index is 13.4. The zero-order chi connectivity index (χ0) is 22.1. The minimum atomic E-state index is -0.702. The van der Waals surface area contributed by atoms with Gasteiger partial charge in [-0.25, -0.2) is 14.8 Å². The van der Waals surface area contributed by atoms with E-state index in [1.54, 1.807) is 30.3 Å². The van der Waals surface area contributed by atoms with Crippen LogP contribution in [0.2, 0.25) is 0 Å². The summed E-state index contributed by atoms with van der Waals surface area (Å²) in [5.74, 6) is -0.732. The molecule has 0 N–H and O–H groups in total. The Kier molecular flexibility index (Phi) is 5.03. The predicted octanol–water partition coefficient (Wildman–Crippen LogP) is 4.19. The van der Waals surface area contributed by atoms with Crippen LogP contribution in [0.1, 0.15) is 28.4 Å². The van der Waals surface area contributed by atoms with Gasteiger partial charge in [0.1, 0.15) is 5.57 Å². The van der Waals surface area contributed by atoms with Gasteiger partial charge in [0.05, 0.1) is 18.0 Å². The fourth-order valence-corrected chi connectivity index (χ4v) is 4.02. The van der Waals surface area contributed by atoms with Gasteiger partial charge in [-0.05, 0) is 25.1 Å². The molecule has 3 aromatic carbocycles. The average Bonchev–Trinajstić information content (AvgIpc) is 3.24. The molecule has 0 saturated carbocycles. The Hall–Kier alpha value is -4.19. The SMILES string of the molecule is CCOC(=O)C1=CN(C(=O)c2ccccc2)N2c3ccccc3C(c3ccccc3)=NC12. The van der Waals surface area contributed by atoms with Gasteiger partial charge in [0, 0.05) is 22.9 Å². The van der Waals surface area contributed by atoms with Gasteiger partial charge in [-0.3, -0.25) is 9.79 Å². The number of nitrogens with zero attached hydrogens (tertiary/aromatic N) is 3. The summed E-state index contributed by atoms with van der Waals surface area (Å²) >= 11 is 0. The molecule has 0 spiro atoms. The number of hydrogen-bond acceptors (Lipinski definition) is 5. The molecule has 0 aromatic heterocycles. The number of carbonyl (C=O) groups excluding carboxylic acids is 2. The third-order valence-corrected chi connectivity index (χ3v) is 5.45. The van der Waals surface area contributed by atoms with E-state index in [9.17, 15) is 9.59 Å². The first-order valence-corrected chi connectivity index (χ1v) is 10.5. The van der Waals surface area contributed by atoms with Crippen LogP contribution in [-0.2, 0) is 9.53 Å². The zero-order valence-corrected chi connectivity index (χ0v) is 17.5. The number of hydrazine groups is 1. The normalized spacial score (nSPS) is 16.6. The molecule has 0 fully saturated rings. The number of esters is 1. The Labute approximate surface area is 186 Å². The lowest BCUT2D eigenvalue weighted by Crippen LogP contribution is -2.47. The van der Waals surface area contributed by atoms with E-state index in [-0.39, 0.29) is 12.5 Å². The van der Waals surface area contributed by atoms with E-state index in [4.69, 9.17) is 9.73 Å². The van der Waals surface area contributed by atoms with Crippen molar-refractivity contribution in [1.29, 1.82) is 0 Å². The van der Waals surface area contributed by atoms with Crippen LogP contribution in [0.15, 0.2) is 102 Å². The Morgan fingerprint density at radius 1 is 0.906 bits per heavy atom. The molecule has 158 valence electrons. The minimum absolute atomic E-state index is 0.237. The number of para-hydroxylation sites is 1. The van der Waals surface area contributed by atoms with Crippen molar-refractivity contribution in [1.82, 2.24) is 5.01 Å². The molecule has 1 amide bonds. The molecule has 0 aliphatic carbocycles. The highest BCUT2D eigenvalue weighted by atomic mass is 16.5. The summed E-state index contributed by atoms with van der Waals surface area (Å²) in [5, 5.41) is 3.24. The molecule has 0 bridgehead atoms. The quantitative estimate of drug-likeness (QED) is 0.591. The van der Waals surface area contributed by atoms with Crippen molar-refractivity contribution in [3.8, 4) is 0 Å². The van der Waals surface area contributed by atoms with Crippen molar-refractivity contribution in [2.75, 3.05) is 11.6 Å². The van der Waals surface area contributed by atoms with Crippen LogP contribution in [-0.4, -0.2) is 35.4 Å². The molecule has 2 aliphatic rings. The Bertz CT molecular complexity index is 1240. The standard InChI is InChI=1S/C26H21N3O3/c1-2-32-26(31)21-17-28(25(30)19-13-7-4-8-14-19)29-22-16-10-9-15-20(22)23(27-24(21)29)18-11-5-3-6-12-18/h3-17,24H,2H2,1H3. The second-order valence-corrected chi connectivity index (χ2v) is 7.40. The third-order valence-electron chi connectivity index (χ3n) is 5.45. The van der Waals surface area contributed by atoms with Crippen molar-refractivity contribution in [2.24, 2.45) is 4.99 Å². The molecule has 1 unspecified atom stereocenters. The maximum atomic E-state index is 13.4. The third kappa shape index (κ3) is 3.26. The number of aliphatic imine (C=N–C) groups is 1. The highest BCUT2D eigenvalue weighted by molar-refractivity contribution is 6.18. The molecule has 3 aromatic rings. The summed E-state index contributed by atoms with van der Waals surface area (Å²) in [4.78, 5) is 31.2. The number of fused-ring (bicyclic) bond motifs is 3. The van der Waals surface area contributed by atoms with Crippen LogP contribution >= 0.6 is 0 Å². The number of carbonyl (C=O) groups is 2. The number of benzene rings is 3. The highest BCUT2D eigenvalue weighted by Gasteiger charge is 2.44. The minimum Gasteiger partial charge on any atom is -0.462 e. The topological polar surface area (TPSA) is 62.2 Å². The molecule has 1 atom stereocenters. The van der Waals surface area contributed by atoms with Gasteiger partial charge < -0.3 is 4.74 Å². The van der Waals surface area contributed by atoms with Gasteiger partial charge in [0.2, 0.25) is 0 Å². The second-order valence-electron chi connectivity index (χ2n) is 7.40. The first-order valence-electron chi connectivity index (χ1n) is 10.5. The second kappa shape index (κ2) is 8.15. The van der Waals surface area contributed by atoms with Crippen molar-refractivity contribution < 1.29 is 14.3 Å². The van der Waals surface area contributed by atoms with Crippen LogP contribution in [0.3, 0.4) is 0 Å². The number of anilines is 1. The first kappa shape index (κ1) is 19.8. The van der Waals surface area contributed by atoms with Gasteiger partial charge >= 0.3 is 5.97 Å². The van der Waals surface area contributed by atoms with Crippen LogP contribution in [0, 0.1) is 0 Å². The van der Waals surface area contributed by atoms with Gasteiger partial charge in [-0.2, -0.15) is 0 Å². The largest absolute Gasteiger partial charge is 0.462 e. The van der Waals surface area contributed by atoms with Crippen molar-refractivity contribution in [3.05, 3.63) is 113 Å². The van der Waals surface area contributed by atoms with E-state index in [2.05, 4.69) is 0 Å². The van der Waals surface area contributed by atoms with Gasteiger partial charge in [-0.1, -0.05) is 66.7 Å². The van der Waals surface area contributed by atoms with Gasteiger partial charge in [0.25, 0.3) is 5.91 Å². The lowest BCUT2D eigenvalue weighted by molar-refractivity contribution is -0.138. The number of rotatable bonds is 4. The number of amides is 1. The number of ether oxygens (including phenoxy) is 1. The average molecular weight is 423 g/mol. The van der Waals surface area contributed by atoms with E-state index in [0.717, 1.165) is 22.5 Å². The first-order chi connectivity index (χ1) is 15.7. The molecule has 6 heteroatoms. The van der Waals surface area contributed by atoms with E-state index in [1.807, 2.05) is 72.8 Å². The lowest BCUT2D eigenvalue weighted by atomic mass is 9.97. The van der Waals surface area contributed by atoms with Crippen molar-refractivity contribution in [3.63, 3.8) is 0 Å². The maximum Gasteiger partial charge on any atom is 0.339 e. The predicted molar refractivity (Wildman–Crippen MR) is 122 cm³/mol. The highest BCUT2D eigenvalue weighted by Crippen LogP contribution is 2.39. The van der Waals surface area contributed by atoms with Crippen molar-refractivity contribution in [2.45, 2.75) is 13.1 Å². The van der Waals surface area contributed by atoms with Crippen LogP contribution in [0.25, 0.3) is 0 Å². The molecule has 0 saturated heterocycles. The van der Waals surface area contributed by atoms with Crippen LogP contribution < -0.4 is 5.01 Å². The Morgan fingerprint density at radius 3 is 2.28 bits per heavy atom. The Morgan fingerprint density at radius 2 is 1.56 bits per heavy atom. The summed E-state index contributed by atoms with van der Waals surface area (Å²) < 4.78 is 5.30. The fraction of sp³-hybridized carbons (Fsp3) is 0.115. The molecular weight excluding hydrogens is 402 g/mol. The van der Waals surface area contributed by atoms with Crippen molar-refractivity contribution >= 4 is 23.3 Å². The molecule has 2 aliphatic heterocycles. The molecule has 6 nitrogen and oxygen atoms in total. The number of hydrogen-bond donors (Lipinski definition) is 0. The summed E-state index contributed by atoms with van der Waals surface area (Å²) in [6.45, 7) is 1.99. The summed E-state index contributed by atoms with van der Waals surface area (Å²) in [7, 11) is 0. The molecular formula is C26H21N3O3. The summed E-state index contributed by atoms with van der Waals surface area (Å²) in [5.41, 5.74) is 4.23. The van der Waals surface area contributed by atoms with Crippen LogP contribution in [0.4, 0.5) is 5.69 Å². The van der Waals surface area contributed by atoms with Crippen LogP contribution in [0.5, 0.6) is 0 Å². The summed E-state index contributed by atoms with van der Waals surface area (Å²) in [6.07, 6.45) is 0.846. The molecule has 2 heterocycles. The van der Waals surface area contributed by atoms with Gasteiger partial charge in [-0.15, -0.1) is 0 Å². The van der Waals surface area contributed by atoms with E-state index in [0.29, 0.717) is 11.1 Å². The monoisotopic (exact) mass is 423 g/mol. The zero-order valence-electron chi connectivity index (χ0n) is 17.5. The smallest absolute Gasteiger partial charge is 0.339 e. The van der Waals surface area contributed by atoms with E-state index in [1.165, 1.54) is 5.01 Å².